The van der Waals surface area contributed by atoms with E-state index < -0.39 is 5.82 Å². The second-order valence-electron chi connectivity index (χ2n) is 4.15. The minimum absolute atomic E-state index is 0.0955. The molecule has 0 bridgehead atoms. The number of halogens is 2. The van der Waals surface area contributed by atoms with Gasteiger partial charge in [-0.2, -0.15) is 4.98 Å². The molecule has 0 saturated carbocycles. The first-order chi connectivity index (χ1) is 7.08. The van der Waals surface area contributed by atoms with Crippen molar-refractivity contribution in [1.82, 2.24) is 9.97 Å². The largest absolute Gasteiger partial charge is 0.351 e. The normalized spacial score (nSPS) is 26.0. The van der Waals surface area contributed by atoms with Crippen molar-refractivity contribution in [3.8, 4) is 0 Å². The van der Waals surface area contributed by atoms with Gasteiger partial charge in [-0.3, -0.25) is 0 Å². The van der Waals surface area contributed by atoms with Gasteiger partial charge in [-0.1, -0.05) is 6.92 Å². The molecular weight excluding hydrogens is 217 g/mol. The predicted molar refractivity (Wildman–Crippen MR) is 57.6 cm³/mol. The van der Waals surface area contributed by atoms with Gasteiger partial charge in [-0.05, 0) is 30.9 Å². The molecule has 2 atom stereocenters. The number of hydrogen-bond donors (Lipinski definition) is 0. The van der Waals surface area contributed by atoms with E-state index in [4.69, 9.17) is 11.6 Å². The van der Waals surface area contributed by atoms with Crippen LogP contribution >= 0.6 is 11.6 Å². The maximum absolute atomic E-state index is 13.5. The van der Waals surface area contributed by atoms with Gasteiger partial charge in [0.2, 0.25) is 5.28 Å². The van der Waals surface area contributed by atoms with Gasteiger partial charge in [-0.25, -0.2) is 9.37 Å². The topological polar surface area (TPSA) is 29.0 Å². The molecule has 0 radical (unpaired) electrons. The highest BCUT2D eigenvalue weighted by Gasteiger charge is 2.29. The quantitative estimate of drug-likeness (QED) is 0.693. The minimum Gasteiger partial charge on any atom is -0.351 e. The highest BCUT2D eigenvalue weighted by Crippen LogP contribution is 2.29. The minimum atomic E-state index is -0.402. The summed E-state index contributed by atoms with van der Waals surface area (Å²) < 4.78 is 13.5. The molecule has 3 nitrogen and oxygen atoms in total. The molecule has 2 heterocycles. The third-order valence-electron chi connectivity index (χ3n) is 2.75. The Morgan fingerprint density at radius 2 is 2.27 bits per heavy atom. The lowest BCUT2D eigenvalue weighted by molar-refractivity contribution is 0.597. The van der Waals surface area contributed by atoms with Crippen LogP contribution in [0.5, 0.6) is 0 Å². The molecule has 1 aromatic rings. The number of hydrogen-bond acceptors (Lipinski definition) is 3. The summed E-state index contributed by atoms with van der Waals surface area (Å²) in [4.78, 5) is 9.50. The Kier molecular flexibility index (Phi) is 2.78. The van der Waals surface area contributed by atoms with Crippen LogP contribution < -0.4 is 4.90 Å². The van der Waals surface area contributed by atoms with E-state index in [2.05, 4.69) is 23.8 Å². The summed E-state index contributed by atoms with van der Waals surface area (Å²) >= 11 is 5.66. The predicted octanol–water partition coefficient (Wildman–Crippen LogP) is 2.50. The molecule has 0 N–H and O–H groups in total. The lowest BCUT2D eigenvalue weighted by atomic mass is 10.1. The summed E-state index contributed by atoms with van der Waals surface area (Å²) in [6.07, 6.45) is 2.18. The number of anilines is 1. The second kappa shape index (κ2) is 3.93. The zero-order valence-corrected chi connectivity index (χ0v) is 9.50. The van der Waals surface area contributed by atoms with Crippen LogP contribution in [0.25, 0.3) is 0 Å². The van der Waals surface area contributed by atoms with Gasteiger partial charge in [0.1, 0.15) is 0 Å². The van der Waals surface area contributed by atoms with E-state index in [1.54, 1.807) is 0 Å². The van der Waals surface area contributed by atoms with E-state index >= 15 is 0 Å². The van der Waals surface area contributed by atoms with Crippen LogP contribution in [0.2, 0.25) is 5.28 Å². The van der Waals surface area contributed by atoms with E-state index in [1.165, 1.54) is 0 Å². The number of nitrogens with zero attached hydrogens (tertiary/aromatic N) is 3. The summed E-state index contributed by atoms with van der Waals surface area (Å²) in [6, 6.07) is 0.306. The zero-order chi connectivity index (χ0) is 11.0. The van der Waals surface area contributed by atoms with Crippen LogP contribution in [-0.4, -0.2) is 22.6 Å². The smallest absolute Gasteiger partial charge is 0.224 e. The van der Waals surface area contributed by atoms with Crippen molar-refractivity contribution in [3.63, 3.8) is 0 Å². The van der Waals surface area contributed by atoms with E-state index in [0.717, 1.165) is 19.2 Å². The van der Waals surface area contributed by atoms with E-state index in [-0.39, 0.29) is 5.28 Å². The average molecular weight is 230 g/mol. The standard InChI is InChI=1S/C10H13ClFN3/c1-6-3-7(2)15(5-6)9-8(12)4-13-10(11)14-9/h4,6-7H,3,5H2,1-2H3. The number of aromatic nitrogens is 2. The Labute approximate surface area is 93.3 Å². The van der Waals surface area contributed by atoms with Crippen LogP contribution in [0.1, 0.15) is 20.3 Å². The Bertz CT molecular complexity index is 372. The van der Waals surface area contributed by atoms with Gasteiger partial charge < -0.3 is 4.90 Å². The summed E-state index contributed by atoms with van der Waals surface area (Å²) in [5.41, 5.74) is 0. The Morgan fingerprint density at radius 1 is 1.53 bits per heavy atom. The molecule has 1 fully saturated rings. The molecule has 5 heteroatoms. The number of rotatable bonds is 1. The Balaban J connectivity index is 2.32. The lowest BCUT2D eigenvalue weighted by Gasteiger charge is -2.22. The van der Waals surface area contributed by atoms with E-state index in [9.17, 15) is 4.39 Å². The third-order valence-corrected chi connectivity index (χ3v) is 2.93. The van der Waals surface area contributed by atoms with Crippen molar-refractivity contribution in [1.29, 1.82) is 0 Å². The maximum Gasteiger partial charge on any atom is 0.224 e. The van der Waals surface area contributed by atoms with Crippen molar-refractivity contribution in [2.75, 3.05) is 11.4 Å². The monoisotopic (exact) mass is 229 g/mol. The first kappa shape index (κ1) is 10.6. The summed E-state index contributed by atoms with van der Waals surface area (Å²) in [5, 5.41) is 0.0955. The molecule has 2 rings (SSSR count). The van der Waals surface area contributed by atoms with Crippen LogP contribution in [0.15, 0.2) is 6.20 Å². The summed E-state index contributed by atoms with van der Waals surface area (Å²) in [7, 11) is 0. The highest BCUT2D eigenvalue weighted by molar-refractivity contribution is 6.28. The van der Waals surface area contributed by atoms with Crippen molar-refractivity contribution >= 4 is 17.4 Å². The average Bonchev–Trinajstić information content (AvgIpc) is 2.50. The molecule has 1 aromatic heterocycles. The van der Waals surface area contributed by atoms with Crippen LogP contribution in [0, 0.1) is 11.7 Å². The highest BCUT2D eigenvalue weighted by atomic mass is 35.5. The van der Waals surface area contributed by atoms with Gasteiger partial charge in [0.25, 0.3) is 0 Å². The first-order valence-corrected chi connectivity index (χ1v) is 5.40. The fourth-order valence-electron chi connectivity index (χ4n) is 2.13. The van der Waals surface area contributed by atoms with Gasteiger partial charge in [0.15, 0.2) is 11.6 Å². The van der Waals surface area contributed by atoms with Crippen molar-refractivity contribution in [2.24, 2.45) is 5.92 Å². The molecule has 0 aromatic carbocycles. The Hall–Kier alpha value is -0.900. The summed E-state index contributed by atoms with van der Waals surface area (Å²) in [6.45, 7) is 5.04. The summed E-state index contributed by atoms with van der Waals surface area (Å²) in [5.74, 6) is 0.486. The lowest BCUT2D eigenvalue weighted by Crippen LogP contribution is -2.28. The third kappa shape index (κ3) is 2.04. The maximum atomic E-state index is 13.5. The van der Waals surface area contributed by atoms with Gasteiger partial charge in [0.05, 0.1) is 6.20 Å². The fourth-order valence-corrected chi connectivity index (χ4v) is 2.26. The van der Waals surface area contributed by atoms with Crippen LogP contribution in [0.4, 0.5) is 10.2 Å². The first-order valence-electron chi connectivity index (χ1n) is 5.02. The fraction of sp³-hybridized carbons (Fsp3) is 0.600. The van der Waals surface area contributed by atoms with Crippen LogP contribution in [0.3, 0.4) is 0 Å². The van der Waals surface area contributed by atoms with Crippen LogP contribution in [-0.2, 0) is 0 Å². The zero-order valence-electron chi connectivity index (χ0n) is 8.74. The van der Waals surface area contributed by atoms with E-state index in [1.807, 2.05) is 4.90 Å². The molecular formula is C10H13ClFN3. The second-order valence-corrected chi connectivity index (χ2v) is 4.49. The van der Waals surface area contributed by atoms with Crippen molar-refractivity contribution in [2.45, 2.75) is 26.3 Å². The molecule has 1 aliphatic rings. The molecule has 1 saturated heterocycles. The van der Waals surface area contributed by atoms with Crippen molar-refractivity contribution in [3.05, 3.63) is 17.3 Å². The molecule has 15 heavy (non-hydrogen) atoms. The molecule has 1 aliphatic heterocycles. The van der Waals surface area contributed by atoms with Gasteiger partial charge >= 0.3 is 0 Å². The SMILES string of the molecule is CC1CC(C)N(c2nc(Cl)ncc2F)C1. The van der Waals surface area contributed by atoms with E-state index in [0.29, 0.717) is 17.8 Å². The van der Waals surface area contributed by atoms with Gasteiger partial charge in [-0.15, -0.1) is 0 Å². The Morgan fingerprint density at radius 3 is 2.87 bits per heavy atom. The molecule has 0 amide bonds. The molecule has 82 valence electrons. The van der Waals surface area contributed by atoms with Crippen molar-refractivity contribution < 1.29 is 4.39 Å². The molecule has 0 aliphatic carbocycles. The molecule has 0 spiro atoms. The molecule has 2 unspecified atom stereocenters. The van der Waals surface area contributed by atoms with Gasteiger partial charge in [0, 0.05) is 12.6 Å².